The van der Waals surface area contributed by atoms with Crippen molar-refractivity contribution in [1.82, 2.24) is 10.3 Å². The van der Waals surface area contributed by atoms with Crippen LogP contribution in [0, 0.1) is 5.41 Å². The number of carbonyl (C=O) groups excluding carboxylic acids is 1. The highest BCUT2D eigenvalue weighted by Gasteiger charge is 2.46. The lowest BCUT2D eigenvalue weighted by molar-refractivity contribution is 0.0691. The van der Waals surface area contributed by atoms with Gasteiger partial charge in [0.15, 0.2) is 10.7 Å². The van der Waals surface area contributed by atoms with Gasteiger partial charge in [0, 0.05) is 11.4 Å². The lowest BCUT2D eigenvalue weighted by atomic mass is 10.2. The zero-order valence-corrected chi connectivity index (χ0v) is 9.80. The first-order valence-corrected chi connectivity index (χ1v) is 5.78. The average Bonchev–Trinajstić information content (AvgIpc) is 2.68. The van der Waals surface area contributed by atoms with Crippen molar-refractivity contribution >= 4 is 23.2 Å². The van der Waals surface area contributed by atoms with Gasteiger partial charge in [-0.25, -0.2) is 9.78 Å². The molecule has 1 aromatic heterocycles. The van der Waals surface area contributed by atoms with Gasteiger partial charge in [0.1, 0.15) is 0 Å². The minimum atomic E-state index is -1.11. The molecule has 1 saturated carbocycles. The molecule has 1 aliphatic rings. The maximum atomic E-state index is 11.7. The summed E-state index contributed by atoms with van der Waals surface area (Å²) in [4.78, 5) is 26.0. The number of hydrogen-bond donors (Lipinski definition) is 2. The second kappa shape index (κ2) is 3.55. The third-order valence-electron chi connectivity index (χ3n) is 2.74. The Morgan fingerprint density at radius 3 is 2.69 bits per heavy atom. The number of carbonyl (C=O) groups is 2. The molecule has 1 amide bonds. The van der Waals surface area contributed by atoms with Gasteiger partial charge < -0.3 is 10.4 Å². The summed E-state index contributed by atoms with van der Waals surface area (Å²) in [7, 11) is 0. The van der Waals surface area contributed by atoms with E-state index in [0.717, 1.165) is 17.8 Å². The number of hydrogen-bond acceptors (Lipinski definition) is 4. The summed E-state index contributed by atoms with van der Waals surface area (Å²) in [6, 6.07) is 0.178. The molecule has 16 heavy (non-hydrogen) atoms. The van der Waals surface area contributed by atoms with Crippen molar-refractivity contribution in [2.24, 2.45) is 5.41 Å². The summed E-state index contributed by atoms with van der Waals surface area (Å²) < 4.78 is 0. The van der Waals surface area contributed by atoms with Crippen LogP contribution in [0.5, 0.6) is 0 Å². The Balaban J connectivity index is 2.01. The number of thiazole rings is 1. The molecule has 1 unspecified atom stereocenters. The number of nitrogens with one attached hydrogen (secondary N) is 1. The molecule has 0 aromatic carbocycles. The average molecular weight is 240 g/mol. The summed E-state index contributed by atoms with van der Waals surface area (Å²) in [5, 5.41) is 13.1. The first-order valence-electron chi connectivity index (χ1n) is 4.90. The van der Waals surface area contributed by atoms with E-state index in [9.17, 15) is 9.59 Å². The molecule has 0 aliphatic heterocycles. The van der Waals surface area contributed by atoms with E-state index in [1.54, 1.807) is 0 Å². The molecule has 0 bridgehead atoms. The lowest BCUT2D eigenvalue weighted by Gasteiger charge is -2.03. The van der Waals surface area contributed by atoms with Gasteiger partial charge in [-0.1, -0.05) is 13.8 Å². The van der Waals surface area contributed by atoms with E-state index < -0.39 is 5.97 Å². The molecule has 1 atom stereocenters. The molecule has 2 N–H and O–H groups in total. The number of aromatic nitrogens is 1. The number of aromatic carboxylic acids is 1. The maximum absolute atomic E-state index is 11.7. The molecule has 0 saturated heterocycles. The molecule has 0 radical (unpaired) electrons. The Hall–Kier alpha value is -1.43. The first kappa shape index (κ1) is 11.1. The Morgan fingerprint density at radius 1 is 1.62 bits per heavy atom. The Kier molecular flexibility index (Phi) is 2.46. The number of carboxylic acids is 1. The second-order valence-electron chi connectivity index (χ2n) is 4.56. The monoisotopic (exact) mass is 240 g/mol. The zero-order chi connectivity index (χ0) is 11.9. The molecular formula is C10H12N2O3S. The van der Waals surface area contributed by atoms with Crippen molar-refractivity contribution < 1.29 is 14.7 Å². The molecule has 5 nitrogen and oxygen atoms in total. The Morgan fingerprint density at radius 2 is 2.25 bits per heavy atom. The molecule has 1 aliphatic carbocycles. The highest BCUT2D eigenvalue weighted by Crippen LogP contribution is 2.44. The number of rotatable bonds is 3. The van der Waals surface area contributed by atoms with E-state index in [2.05, 4.69) is 24.1 Å². The topological polar surface area (TPSA) is 79.3 Å². The normalized spacial score (nSPS) is 21.5. The van der Waals surface area contributed by atoms with Crippen LogP contribution in [0.25, 0.3) is 0 Å². The van der Waals surface area contributed by atoms with Crippen LogP contribution in [0.15, 0.2) is 5.38 Å². The molecule has 2 rings (SSSR count). The molecule has 1 fully saturated rings. The molecule has 0 spiro atoms. The van der Waals surface area contributed by atoms with E-state index in [0.29, 0.717) is 0 Å². The van der Waals surface area contributed by atoms with Crippen molar-refractivity contribution in [3.63, 3.8) is 0 Å². The third kappa shape index (κ3) is 2.06. The standard InChI is InChI=1S/C10H12N2O3S/c1-10(2)3-6(10)12-7(13)8-11-5(4-16-8)9(14)15/h4,6H,3H2,1-2H3,(H,12,13)(H,14,15). The van der Waals surface area contributed by atoms with Crippen LogP contribution in [0.3, 0.4) is 0 Å². The fraction of sp³-hybridized carbons (Fsp3) is 0.500. The van der Waals surface area contributed by atoms with Crippen molar-refractivity contribution in [3.8, 4) is 0 Å². The minimum absolute atomic E-state index is 0.0785. The molecule has 6 heteroatoms. The SMILES string of the molecule is CC1(C)CC1NC(=O)c1nc(C(=O)O)cs1. The van der Waals surface area contributed by atoms with E-state index in [-0.39, 0.29) is 28.1 Å². The van der Waals surface area contributed by atoms with Crippen molar-refractivity contribution in [2.75, 3.05) is 0 Å². The predicted molar refractivity (Wildman–Crippen MR) is 58.7 cm³/mol. The van der Waals surface area contributed by atoms with E-state index in [1.165, 1.54) is 5.38 Å². The number of nitrogens with zero attached hydrogens (tertiary/aromatic N) is 1. The van der Waals surface area contributed by atoms with Gasteiger partial charge in [-0.15, -0.1) is 11.3 Å². The van der Waals surface area contributed by atoms with Crippen molar-refractivity contribution in [3.05, 3.63) is 16.1 Å². The van der Waals surface area contributed by atoms with Crippen LogP contribution in [-0.2, 0) is 0 Å². The van der Waals surface area contributed by atoms with Crippen molar-refractivity contribution in [1.29, 1.82) is 0 Å². The molecule has 1 aromatic rings. The number of carboxylic acid groups (broad SMARTS) is 1. The fourth-order valence-corrected chi connectivity index (χ4v) is 2.10. The Bertz CT molecular complexity index is 453. The zero-order valence-electron chi connectivity index (χ0n) is 8.98. The van der Waals surface area contributed by atoms with Crippen LogP contribution in [0.4, 0.5) is 0 Å². The van der Waals surface area contributed by atoms with Gasteiger partial charge in [0.05, 0.1) is 0 Å². The largest absolute Gasteiger partial charge is 0.476 e. The maximum Gasteiger partial charge on any atom is 0.355 e. The smallest absolute Gasteiger partial charge is 0.355 e. The van der Waals surface area contributed by atoms with Gasteiger partial charge in [-0.05, 0) is 11.8 Å². The van der Waals surface area contributed by atoms with Crippen LogP contribution >= 0.6 is 11.3 Å². The van der Waals surface area contributed by atoms with Gasteiger partial charge in [-0.3, -0.25) is 4.79 Å². The van der Waals surface area contributed by atoms with Gasteiger partial charge in [-0.2, -0.15) is 0 Å². The minimum Gasteiger partial charge on any atom is -0.476 e. The van der Waals surface area contributed by atoms with Gasteiger partial charge in [0.2, 0.25) is 0 Å². The van der Waals surface area contributed by atoms with Crippen LogP contribution in [0.1, 0.15) is 40.6 Å². The summed E-state index contributed by atoms with van der Waals surface area (Å²) in [5.41, 5.74) is 0.0768. The van der Waals surface area contributed by atoms with E-state index >= 15 is 0 Å². The van der Waals surface area contributed by atoms with Crippen LogP contribution in [0.2, 0.25) is 0 Å². The van der Waals surface area contributed by atoms with E-state index in [1.807, 2.05) is 0 Å². The van der Waals surface area contributed by atoms with E-state index in [4.69, 9.17) is 5.11 Å². The molecule has 86 valence electrons. The fourth-order valence-electron chi connectivity index (χ4n) is 1.41. The Labute approximate surface area is 96.5 Å². The second-order valence-corrected chi connectivity index (χ2v) is 5.42. The summed E-state index contributed by atoms with van der Waals surface area (Å²) >= 11 is 1.05. The highest BCUT2D eigenvalue weighted by molar-refractivity contribution is 7.11. The molecule has 1 heterocycles. The van der Waals surface area contributed by atoms with Gasteiger partial charge in [0.25, 0.3) is 5.91 Å². The van der Waals surface area contributed by atoms with Crippen LogP contribution < -0.4 is 5.32 Å². The highest BCUT2D eigenvalue weighted by atomic mass is 32.1. The quantitative estimate of drug-likeness (QED) is 0.836. The predicted octanol–water partition coefficient (Wildman–Crippen LogP) is 1.37. The summed E-state index contributed by atoms with van der Waals surface area (Å²) in [6.45, 7) is 4.14. The summed E-state index contributed by atoms with van der Waals surface area (Å²) in [6.07, 6.45) is 0.954. The van der Waals surface area contributed by atoms with Crippen LogP contribution in [-0.4, -0.2) is 28.0 Å². The first-order chi connectivity index (χ1) is 7.40. The summed E-state index contributed by atoms with van der Waals surface area (Å²) in [5.74, 6) is -1.39. The van der Waals surface area contributed by atoms with Gasteiger partial charge >= 0.3 is 5.97 Å². The molecular weight excluding hydrogens is 228 g/mol. The third-order valence-corrected chi connectivity index (χ3v) is 3.58. The number of amides is 1. The lowest BCUT2D eigenvalue weighted by Crippen LogP contribution is -2.28. The van der Waals surface area contributed by atoms with Crippen molar-refractivity contribution in [2.45, 2.75) is 26.3 Å².